The van der Waals surface area contributed by atoms with Gasteiger partial charge in [0, 0.05) is 0 Å². The highest BCUT2D eigenvalue weighted by molar-refractivity contribution is 7.86. The number of hydrogen-bond donors (Lipinski definition) is 1. The quantitative estimate of drug-likeness (QED) is 0.757. The van der Waals surface area contributed by atoms with Crippen molar-refractivity contribution in [2.24, 2.45) is 5.92 Å². The average Bonchev–Trinajstić information content (AvgIpc) is 2.61. The highest BCUT2D eigenvalue weighted by Crippen LogP contribution is 2.49. The van der Waals surface area contributed by atoms with Gasteiger partial charge in [-0.1, -0.05) is 74.4 Å². The number of aryl methyl sites for hydroxylation is 1. The smallest absolute Gasteiger partial charge is 0.275 e. The van der Waals surface area contributed by atoms with E-state index in [4.69, 9.17) is 0 Å². The van der Waals surface area contributed by atoms with Gasteiger partial charge in [0.2, 0.25) is 0 Å². The first-order valence-corrected chi connectivity index (χ1v) is 10.5. The summed E-state index contributed by atoms with van der Waals surface area (Å²) < 4.78 is 34.8. The topological polar surface area (TPSA) is 54.4 Å². The van der Waals surface area contributed by atoms with Gasteiger partial charge < -0.3 is 0 Å². The fraction of sp³-hybridized carbons (Fsp3) is 0.429. The summed E-state index contributed by atoms with van der Waals surface area (Å²) in [6.07, 6.45) is 4.79. The monoisotopic (exact) mass is 358 g/mol. The normalized spacial score (nSPS) is 23.2. The summed E-state index contributed by atoms with van der Waals surface area (Å²) in [4.78, 5) is 0. The van der Waals surface area contributed by atoms with Crippen molar-refractivity contribution in [3.8, 4) is 0 Å². The largest absolute Gasteiger partial charge is 0.285 e. The minimum absolute atomic E-state index is 0.0717. The van der Waals surface area contributed by atoms with Crippen LogP contribution in [0.25, 0.3) is 0 Å². The van der Waals surface area contributed by atoms with Gasteiger partial charge in [0.1, 0.15) is 4.75 Å². The van der Waals surface area contributed by atoms with Gasteiger partial charge in [-0.15, -0.1) is 0 Å². The maximum Gasteiger partial charge on any atom is 0.275 e. The van der Waals surface area contributed by atoms with Gasteiger partial charge in [0.15, 0.2) is 0 Å². The molecule has 1 aliphatic rings. The summed E-state index contributed by atoms with van der Waals surface area (Å²) in [5.41, 5.74) is 2.77. The molecule has 25 heavy (non-hydrogen) atoms. The molecule has 4 heteroatoms. The molecule has 3 rings (SSSR count). The molecule has 2 atom stereocenters. The van der Waals surface area contributed by atoms with Gasteiger partial charge in [0.05, 0.1) is 0 Å². The highest BCUT2D eigenvalue weighted by Gasteiger charge is 2.53. The summed E-state index contributed by atoms with van der Waals surface area (Å²) in [5, 5.41) is 0. The van der Waals surface area contributed by atoms with Crippen molar-refractivity contribution in [1.29, 1.82) is 0 Å². The first-order chi connectivity index (χ1) is 12.0. The summed E-state index contributed by atoms with van der Waals surface area (Å²) >= 11 is 0. The van der Waals surface area contributed by atoms with Crippen molar-refractivity contribution < 1.29 is 13.0 Å². The predicted molar refractivity (Wildman–Crippen MR) is 101 cm³/mol. The Hall–Kier alpha value is -1.65. The van der Waals surface area contributed by atoms with Crippen LogP contribution in [0, 0.1) is 5.92 Å². The van der Waals surface area contributed by atoms with Gasteiger partial charge >= 0.3 is 0 Å². The molecule has 2 aromatic carbocycles. The van der Waals surface area contributed by atoms with Crippen LogP contribution in [0.5, 0.6) is 0 Å². The van der Waals surface area contributed by atoms with E-state index in [2.05, 4.69) is 6.92 Å². The van der Waals surface area contributed by atoms with Crippen molar-refractivity contribution in [2.45, 2.75) is 50.2 Å². The fourth-order valence-corrected chi connectivity index (χ4v) is 5.82. The predicted octanol–water partition coefficient (Wildman–Crippen LogP) is 4.77. The zero-order chi connectivity index (χ0) is 17.9. The SMILES string of the molecule is CCCCC1CCc2ccccc2C1(Cc1ccccc1)S(=O)(=O)O. The van der Waals surface area contributed by atoms with E-state index < -0.39 is 14.9 Å². The number of rotatable bonds is 6. The first-order valence-electron chi connectivity index (χ1n) is 9.08. The molecule has 0 saturated heterocycles. The number of hydrogen-bond acceptors (Lipinski definition) is 2. The van der Waals surface area contributed by atoms with E-state index in [0.717, 1.165) is 48.8 Å². The molecule has 0 amide bonds. The highest BCUT2D eigenvalue weighted by atomic mass is 32.2. The Bertz CT molecular complexity index is 814. The van der Waals surface area contributed by atoms with Crippen LogP contribution < -0.4 is 0 Å². The van der Waals surface area contributed by atoms with E-state index in [9.17, 15) is 13.0 Å². The first kappa shape index (κ1) is 18.2. The second kappa shape index (κ2) is 7.30. The van der Waals surface area contributed by atoms with Crippen LogP contribution in [0.1, 0.15) is 49.3 Å². The minimum Gasteiger partial charge on any atom is -0.285 e. The molecule has 1 aliphatic carbocycles. The zero-order valence-corrected chi connectivity index (χ0v) is 15.5. The summed E-state index contributed by atoms with van der Waals surface area (Å²) in [7, 11) is -4.28. The van der Waals surface area contributed by atoms with Gasteiger partial charge in [-0.05, 0) is 48.3 Å². The van der Waals surface area contributed by atoms with Gasteiger partial charge in [-0.2, -0.15) is 8.42 Å². The van der Waals surface area contributed by atoms with E-state index in [1.165, 1.54) is 0 Å². The van der Waals surface area contributed by atoms with E-state index in [0.29, 0.717) is 6.42 Å². The van der Waals surface area contributed by atoms with Crippen molar-refractivity contribution in [3.05, 3.63) is 71.3 Å². The van der Waals surface area contributed by atoms with Crippen LogP contribution in [0.2, 0.25) is 0 Å². The number of fused-ring (bicyclic) bond motifs is 1. The van der Waals surface area contributed by atoms with Gasteiger partial charge in [-0.25, -0.2) is 0 Å². The third-order valence-electron chi connectivity index (χ3n) is 5.57. The van der Waals surface area contributed by atoms with Gasteiger partial charge in [-0.3, -0.25) is 4.55 Å². The molecule has 3 nitrogen and oxygen atoms in total. The van der Waals surface area contributed by atoms with Crippen molar-refractivity contribution >= 4 is 10.1 Å². The standard InChI is InChI=1S/C21H26O3S/c1-2-3-12-19-15-14-18-11-7-8-13-20(18)21(19,25(22,23)24)16-17-9-5-4-6-10-17/h4-11,13,19H,2-3,12,14-16H2,1H3,(H,22,23,24). The molecule has 2 unspecified atom stereocenters. The van der Waals surface area contributed by atoms with Crippen LogP contribution >= 0.6 is 0 Å². The lowest BCUT2D eigenvalue weighted by Gasteiger charge is -2.43. The zero-order valence-electron chi connectivity index (χ0n) is 14.7. The van der Waals surface area contributed by atoms with Crippen molar-refractivity contribution in [3.63, 3.8) is 0 Å². The van der Waals surface area contributed by atoms with E-state index in [1.807, 2.05) is 54.6 Å². The van der Waals surface area contributed by atoms with Crippen LogP contribution in [-0.4, -0.2) is 13.0 Å². The molecular formula is C21H26O3S. The van der Waals surface area contributed by atoms with E-state index >= 15 is 0 Å². The molecular weight excluding hydrogens is 332 g/mol. The lowest BCUT2D eigenvalue weighted by molar-refractivity contribution is 0.270. The van der Waals surface area contributed by atoms with Crippen molar-refractivity contribution in [2.75, 3.05) is 0 Å². The van der Waals surface area contributed by atoms with Crippen molar-refractivity contribution in [1.82, 2.24) is 0 Å². The molecule has 0 bridgehead atoms. The summed E-state index contributed by atoms with van der Waals surface area (Å²) in [6, 6.07) is 17.4. The average molecular weight is 359 g/mol. The second-order valence-electron chi connectivity index (χ2n) is 7.06. The Balaban J connectivity index is 2.19. The Kier molecular flexibility index (Phi) is 5.30. The molecule has 0 aliphatic heterocycles. The maximum absolute atomic E-state index is 12.8. The third kappa shape index (κ3) is 3.38. The molecule has 0 radical (unpaired) electrons. The Morgan fingerprint density at radius 2 is 1.76 bits per heavy atom. The molecule has 2 aromatic rings. The minimum atomic E-state index is -4.28. The van der Waals surface area contributed by atoms with Gasteiger partial charge in [0.25, 0.3) is 10.1 Å². The second-order valence-corrected chi connectivity index (χ2v) is 8.74. The molecule has 0 fully saturated rings. The molecule has 0 spiro atoms. The molecule has 1 N–H and O–H groups in total. The fourth-order valence-electron chi connectivity index (χ4n) is 4.34. The summed E-state index contributed by atoms with van der Waals surface area (Å²) in [6.45, 7) is 2.11. The van der Waals surface area contributed by atoms with E-state index in [-0.39, 0.29) is 5.92 Å². The van der Waals surface area contributed by atoms with E-state index in [1.54, 1.807) is 0 Å². The maximum atomic E-state index is 12.8. The van der Waals surface area contributed by atoms with Crippen LogP contribution in [-0.2, 0) is 27.7 Å². The molecule has 0 saturated carbocycles. The van der Waals surface area contributed by atoms with Crippen LogP contribution in [0.4, 0.5) is 0 Å². The Labute approximate surface area is 150 Å². The molecule has 0 aromatic heterocycles. The van der Waals surface area contributed by atoms with Crippen LogP contribution in [0.3, 0.4) is 0 Å². The molecule has 134 valence electrons. The number of unbranched alkanes of at least 4 members (excludes halogenated alkanes) is 1. The number of benzene rings is 2. The lowest BCUT2D eigenvalue weighted by Crippen LogP contribution is -2.48. The Morgan fingerprint density at radius 1 is 1.08 bits per heavy atom. The summed E-state index contributed by atoms with van der Waals surface area (Å²) in [5.74, 6) is -0.0717. The lowest BCUT2D eigenvalue weighted by atomic mass is 9.70. The third-order valence-corrected chi connectivity index (χ3v) is 7.19. The molecule has 0 heterocycles. The Morgan fingerprint density at radius 3 is 2.44 bits per heavy atom. The van der Waals surface area contributed by atoms with Crippen LogP contribution in [0.15, 0.2) is 54.6 Å².